The average Bonchev–Trinajstić information content (AvgIpc) is 3.56. The Balaban J connectivity index is 1.80. The molecule has 0 fully saturated rings. The number of ether oxygens (including phenoxy) is 3. The van der Waals surface area contributed by atoms with Crippen molar-refractivity contribution in [2.75, 3.05) is 20.3 Å². The van der Waals surface area contributed by atoms with Gasteiger partial charge in [-0.1, -0.05) is 18.2 Å². The van der Waals surface area contributed by atoms with E-state index in [2.05, 4.69) is 15.0 Å². The highest BCUT2D eigenvalue weighted by molar-refractivity contribution is 6.45. The van der Waals surface area contributed by atoms with E-state index in [1.807, 2.05) is 6.07 Å². The van der Waals surface area contributed by atoms with Gasteiger partial charge >= 0.3 is 11.9 Å². The minimum atomic E-state index is -0.958. The average molecular weight is 518 g/mol. The van der Waals surface area contributed by atoms with Crippen molar-refractivity contribution in [3.8, 4) is 0 Å². The van der Waals surface area contributed by atoms with Gasteiger partial charge in [0.05, 0.1) is 42.9 Å². The van der Waals surface area contributed by atoms with E-state index in [-0.39, 0.29) is 24.3 Å². The van der Waals surface area contributed by atoms with Crippen molar-refractivity contribution in [2.45, 2.75) is 27.7 Å². The minimum Gasteiger partial charge on any atom is -0.494 e. The van der Waals surface area contributed by atoms with Gasteiger partial charge < -0.3 is 24.2 Å². The van der Waals surface area contributed by atoms with Gasteiger partial charge in [0.15, 0.2) is 0 Å². The zero-order valence-corrected chi connectivity index (χ0v) is 21.7. The van der Waals surface area contributed by atoms with E-state index in [0.29, 0.717) is 50.7 Å². The van der Waals surface area contributed by atoms with E-state index in [1.165, 1.54) is 7.11 Å². The summed E-state index contributed by atoms with van der Waals surface area (Å²) in [6.45, 7) is 6.83. The van der Waals surface area contributed by atoms with Crippen LogP contribution in [0.4, 0.5) is 0 Å². The molecule has 0 radical (unpaired) electrons. The number of methoxy groups -OCH3 is 1. The van der Waals surface area contributed by atoms with Crippen molar-refractivity contribution in [3.63, 3.8) is 0 Å². The number of carbonyl (C=O) groups excluding carboxylic acids is 4. The molecule has 0 bridgehead atoms. The molecular weight excluding hydrogens is 490 g/mol. The number of aliphatic imine (C=N–C) groups is 1. The first kappa shape index (κ1) is 26.3. The molecule has 0 amide bonds. The smallest absolute Gasteiger partial charge is 0.379 e. The number of esters is 2. The number of allylic oxidation sites excluding steroid dienone is 1. The maximum absolute atomic E-state index is 13.1. The molecule has 4 rings (SSSR count). The lowest BCUT2D eigenvalue weighted by Crippen LogP contribution is -2.19. The van der Waals surface area contributed by atoms with E-state index in [4.69, 9.17) is 14.2 Å². The molecule has 10 nitrogen and oxygen atoms in total. The summed E-state index contributed by atoms with van der Waals surface area (Å²) in [5.41, 5.74) is 3.79. The van der Waals surface area contributed by atoms with Crippen molar-refractivity contribution >= 4 is 46.2 Å². The molecule has 2 N–H and O–H groups in total. The number of nitrogens with zero attached hydrogens (tertiary/aromatic N) is 1. The molecule has 2 aromatic heterocycles. The summed E-state index contributed by atoms with van der Waals surface area (Å²) < 4.78 is 15.4. The number of H-pyrrole nitrogens is 2. The molecule has 3 aromatic rings. The van der Waals surface area contributed by atoms with Gasteiger partial charge in [-0.2, -0.15) is 0 Å². The number of ketones is 2. The number of nitrogens with one attached hydrogen (secondary N) is 2. The number of rotatable bonds is 9. The maximum Gasteiger partial charge on any atom is 0.379 e. The molecule has 1 aromatic carbocycles. The number of carbonyl (C=O) groups is 4. The lowest BCUT2D eigenvalue weighted by atomic mass is 10.0. The molecule has 0 saturated carbocycles. The largest absolute Gasteiger partial charge is 0.494 e. The van der Waals surface area contributed by atoms with Crippen molar-refractivity contribution in [2.24, 2.45) is 4.99 Å². The number of fused-ring (bicyclic) bond motifs is 1. The number of benzene rings is 1. The second-order valence-electron chi connectivity index (χ2n) is 8.42. The van der Waals surface area contributed by atoms with Crippen LogP contribution in [0.5, 0.6) is 0 Å². The molecule has 196 valence electrons. The molecule has 1 aliphatic heterocycles. The SMILES string of the molecule is CCOC(=O)C(=O)c1c(C)[nH]c(C=C2N=C(c3[nH]c4ccccc4c3C(=O)C(=O)OCC)C=C2OC)c1C. The predicted molar refractivity (Wildman–Crippen MR) is 140 cm³/mol. The third-order valence-electron chi connectivity index (χ3n) is 6.08. The van der Waals surface area contributed by atoms with Crippen LogP contribution in [0.1, 0.15) is 57.2 Å². The number of aromatic amines is 2. The Kier molecular flexibility index (Phi) is 7.43. The first-order valence-electron chi connectivity index (χ1n) is 12.0. The lowest BCUT2D eigenvalue weighted by Gasteiger charge is -2.03. The number of aromatic nitrogens is 2. The Hall–Kier alpha value is -4.73. The topological polar surface area (TPSA) is 140 Å². The molecule has 0 atom stereocenters. The van der Waals surface area contributed by atoms with E-state index in [1.54, 1.807) is 58.0 Å². The van der Waals surface area contributed by atoms with E-state index in [0.717, 1.165) is 0 Å². The maximum atomic E-state index is 13.1. The van der Waals surface area contributed by atoms with Gasteiger partial charge in [0.1, 0.15) is 11.5 Å². The number of Topliss-reactive ketones (excluding diaryl/α,β-unsaturated/α-hetero) is 2. The fraction of sp³-hybridized carbons (Fsp3) is 0.250. The Labute approximate surface area is 218 Å². The second kappa shape index (κ2) is 10.7. The quantitative estimate of drug-likeness (QED) is 0.249. The fourth-order valence-electron chi connectivity index (χ4n) is 4.37. The first-order chi connectivity index (χ1) is 18.2. The normalized spacial score (nSPS) is 13.9. The van der Waals surface area contributed by atoms with E-state index in [9.17, 15) is 19.2 Å². The lowest BCUT2D eigenvalue weighted by molar-refractivity contribution is -0.138. The van der Waals surface area contributed by atoms with Crippen molar-refractivity contribution in [1.82, 2.24) is 9.97 Å². The summed E-state index contributed by atoms with van der Waals surface area (Å²) in [5.74, 6) is -3.00. The summed E-state index contributed by atoms with van der Waals surface area (Å²) in [5, 5.41) is 0.561. The third kappa shape index (κ3) is 4.68. The van der Waals surface area contributed by atoms with Crippen LogP contribution in [0, 0.1) is 13.8 Å². The molecule has 0 saturated heterocycles. The van der Waals surface area contributed by atoms with Crippen molar-refractivity contribution in [1.29, 1.82) is 0 Å². The minimum absolute atomic E-state index is 0.0688. The third-order valence-corrected chi connectivity index (χ3v) is 6.08. The van der Waals surface area contributed by atoms with Crippen LogP contribution >= 0.6 is 0 Å². The molecule has 10 heteroatoms. The van der Waals surface area contributed by atoms with Gasteiger partial charge in [-0.25, -0.2) is 14.6 Å². The summed E-state index contributed by atoms with van der Waals surface area (Å²) >= 11 is 0. The van der Waals surface area contributed by atoms with Gasteiger partial charge in [-0.3, -0.25) is 9.59 Å². The predicted octanol–water partition coefficient (Wildman–Crippen LogP) is 3.98. The highest BCUT2D eigenvalue weighted by Crippen LogP contribution is 2.31. The van der Waals surface area contributed by atoms with Crippen LogP contribution in [0.15, 0.2) is 46.8 Å². The van der Waals surface area contributed by atoms with Crippen LogP contribution in [0.25, 0.3) is 17.0 Å². The van der Waals surface area contributed by atoms with Crippen LogP contribution in [0.2, 0.25) is 0 Å². The molecular formula is C28H27N3O7. The number of aryl methyl sites for hydroxylation is 1. The summed E-state index contributed by atoms with van der Waals surface area (Å²) in [4.78, 5) is 61.0. The number of hydrogen-bond donors (Lipinski definition) is 2. The van der Waals surface area contributed by atoms with Gasteiger partial charge in [0.2, 0.25) is 0 Å². The number of para-hydroxylation sites is 1. The Morgan fingerprint density at radius 2 is 1.55 bits per heavy atom. The molecule has 0 spiro atoms. The highest BCUT2D eigenvalue weighted by atomic mass is 16.5. The van der Waals surface area contributed by atoms with Gasteiger partial charge in [0, 0.05) is 28.4 Å². The molecule has 1 aliphatic rings. The summed E-state index contributed by atoms with van der Waals surface area (Å²) in [6.07, 6.45) is 3.33. The van der Waals surface area contributed by atoms with E-state index < -0.39 is 23.5 Å². The fourth-order valence-corrected chi connectivity index (χ4v) is 4.37. The van der Waals surface area contributed by atoms with Crippen molar-refractivity contribution < 1.29 is 33.4 Å². The van der Waals surface area contributed by atoms with Crippen LogP contribution in [-0.2, 0) is 23.8 Å². The summed E-state index contributed by atoms with van der Waals surface area (Å²) in [6, 6.07) is 7.11. The highest BCUT2D eigenvalue weighted by Gasteiger charge is 2.30. The molecule has 0 unspecified atom stereocenters. The zero-order valence-electron chi connectivity index (χ0n) is 21.7. The van der Waals surface area contributed by atoms with Crippen LogP contribution in [0.3, 0.4) is 0 Å². The van der Waals surface area contributed by atoms with Crippen LogP contribution in [-0.4, -0.2) is 59.5 Å². The molecule has 38 heavy (non-hydrogen) atoms. The zero-order chi connectivity index (χ0) is 27.6. The first-order valence-corrected chi connectivity index (χ1v) is 12.0. The van der Waals surface area contributed by atoms with Gasteiger partial charge in [-0.05, 0) is 45.4 Å². The Bertz CT molecular complexity index is 1570. The van der Waals surface area contributed by atoms with Crippen LogP contribution < -0.4 is 0 Å². The number of hydrogen-bond acceptors (Lipinski definition) is 8. The standard InChI is InChI=1S/C28H27N3O7/c1-6-37-27(34)25(32)22-14(3)18(29-15(22)4)12-19-21(36-5)13-20(30-19)24-23(26(33)28(35)38-7-2)16-10-8-9-11-17(16)31-24/h8-13,29,31H,6-7H2,1-5H3. The monoisotopic (exact) mass is 517 g/mol. The van der Waals surface area contributed by atoms with Gasteiger partial charge in [0.25, 0.3) is 11.6 Å². The Morgan fingerprint density at radius 1 is 0.921 bits per heavy atom. The Morgan fingerprint density at radius 3 is 2.18 bits per heavy atom. The van der Waals surface area contributed by atoms with E-state index >= 15 is 0 Å². The summed E-state index contributed by atoms with van der Waals surface area (Å²) in [7, 11) is 1.48. The van der Waals surface area contributed by atoms with Crippen molar-refractivity contribution in [3.05, 3.63) is 75.6 Å². The molecule has 3 heterocycles. The second-order valence-corrected chi connectivity index (χ2v) is 8.42. The van der Waals surface area contributed by atoms with Gasteiger partial charge in [-0.15, -0.1) is 0 Å². The molecule has 0 aliphatic carbocycles.